The third-order valence-electron chi connectivity index (χ3n) is 3.01. The molecule has 1 heterocycles. The maximum atomic E-state index is 12.0. The summed E-state index contributed by atoms with van der Waals surface area (Å²) >= 11 is 3.99. The van der Waals surface area contributed by atoms with Crippen LogP contribution in [0.3, 0.4) is 0 Å². The van der Waals surface area contributed by atoms with Crippen molar-refractivity contribution in [3.8, 4) is 0 Å². The van der Waals surface area contributed by atoms with E-state index in [-0.39, 0.29) is 12.2 Å². The van der Waals surface area contributed by atoms with E-state index in [1.165, 1.54) is 12.5 Å². The van der Waals surface area contributed by atoms with Gasteiger partial charge in [-0.3, -0.25) is 19.2 Å². The number of carboxylic acids is 1. The number of carbonyl (C=O) groups excluding carboxylic acids is 3. The van der Waals surface area contributed by atoms with Gasteiger partial charge in [-0.25, -0.2) is 4.98 Å². The molecule has 0 radical (unpaired) electrons. The summed E-state index contributed by atoms with van der Waals surface area (Å²) in [5, 5.41) is 15.2. The fourth-order valence-corrected chi connectivity index (χ4v) is 1.98. The topological polar surface area (TPSA) is 179 Å². The van der Waals surface area contributed by atoms with Crippen LogP contribution in [0.2, 0.25) is 0 Å². The van der Waals surface area contributed by atoms with E-state index in [0.717, 1.165) is 0 Å². The van der Waals surface area contributed by atoms with Crippen molar-refractivity contribution in [2.24, 2.45) is 5.73 Å². The highest BCUT2D eigenvalue weighted by atomic mass is 32.1. The Morgan fingerprint density at radius 2 is 1.96 bits per heavy atom. The average molecular weight is 372 g/mol. The molecule has 0 aromatic carbocycles. The molecule has 3 amide bonds. The highest BCUT2D eigenvalue weighted by Gasteiger charge is 2.23. The lowest BCUT2D eigenvalue weighted by Gasteiger charge is -2.18. The molecular formula is C13H20N6O5S. The number of aromatic nitrogens is 2. The van der Waals surface area contributed by atoms with Crippen LogP contribution in [-0.2, 0) is 25.6 Å². The number of amides is 3. The maximum Gasteiger partial charge on any atom is 0.322 e. The number of aromatic amines is 1. The molecule has 25 heavy (non-hydrogen) atoms. The summed E-state index contributed by atoms with van der Waals surface area (Å²) in [7, 11) is 0. The number of nitrogens with zero attached hydrogens (tertiary/aromatic N) is 1. The van der Waals surface area contributed by atoms with Gasteiger partial charge < -0.3 is 31.8 Å². The van der Waals surface area contributed by atoms with Crippen LogP contribution in [0.4, 0.5) is 0 Å². The lowest BCUT2D eigenvalue weighted by molar-refractivity contribution is -0.138. The minimum absolute atomic E-state index is 0.00883. The predicted molar refractivity (Wildman–Crippen MR) is 89.7 cm³/mol. The van der Waals surface area contributed by atoms with Crippen LogP contribution in [0, 0.1) is 0 Å². The molecule has 0 aliphatic rings. The highest BCUT2D eigenvalue weighted by molar-refractivity contribution is 7.80. The quantitative estimate of drug-likeness (QED) is 0.214. The molecule has 138 valence electrons. The van der Waals surface area contributed by atoms with E-state index in [9.17, 15) is 19.2 Å². The Balaban J connectivity index is 2.42. The van der Waals surface area contributed by atoms with E-state index in [1.807, 2.05) is 0 Å². The van der Waals surface area contributed by atoms with E-state index < -0.39 is 48.9 Å². The monoisotopic (exact) mass is 372 g/mol. The number of imidazole rings is 1. The third kappa shape index (κ3) is 7.67. The van der Waals surface area contributed by atoms with Crippen LogP contribution in [-0.4, -0.2) is 69.7 Å². The zero-order valence-corrected chi connectivity index (χ0v) is 14.1. The molecular weight excluding hydrogens is 352 g/mol. The van der Waals surface area contributed by atoms with Crippen LogP contribution in [0.25, 0.3) is 0 Å². The summed E-state index contributed by atoms with van der Waals surface area (Å²) < 4.78 is 0. The number of thiol groups is 1. The standard InChI is InChI=1S/C13H20N6O5S/c14-8(1-7-2-15-6-18-7)12(23)19-9(5-25)13(24)17-3-10(20)16-4-11(21)22/h2,6,8-9,25H,1,3-5,14H2,(H,15,18)(H,16,20)(H,17,24)(H,19,23)(H,21,22). The van der Waals surface area contributed by atoms with E-state index in [2.05, 4.69) is 38.5 Å². The number of carboxylic acid groups (broad SMARTS) is 1. The van der Waals surface area contributed by atoms with E-state index in [1.54, 1.807) is 0 Å². The number of aliphatic carboxylic acids is 1. The van der Waals surface area contributed by atoms with Gasteiger partial charge in [0.15, 0.2) is 0 Å². The van der Waals surface area contributed by atoms with Gasteiger partial charge in [0, 0.05) is 24.1 Å². The average Bonchev–Trinajstić information content (AvgIpc) is 3.08. The van der Waals surface area contributed by atoms with Crippen LogP contribution >= 0.6 is 12.6 Å². The molecule has 2 atom stereocenters. The van der Waals surface area contributed by atoms with Gasteiger partial charge in [-0.1, -0.05) is 0 Å². The fourth-order valence-electron chi connectivity index (χ4n) is 1.73. The van der Waals surface area contributed by atoms with Gasteiger partial charge in [-0.2, -0.15) is 12.6 Å². The van der Waals surface area contributed by atoms with E-state index in [4.69, 9.17) is 10.8 Å². The molecule has 0 aliphatic heterocycles. The number of hydrogen-bond donors (Lipinski definition) is 7. The van der Waals surface area contributed by atoms with Crippen molar-refractivity contribution in [2.45, 2.75) is 18.5 Å². The van der Waals surface area contributed by atoms with Crippen molar-refractivity contribution < 1.29 is 24.3 Å². The zero-order chi connectivity index (χ0) is 18.8. The van der Waals surface area contributed by atoms with Crippen LogP contribution in [0.5, 0.6) is 0 Å². The second-order valence-electron chi connectivity index (χ2n) is 5.02. The number of nitrogens with two attached hydrogens (primary N) is 1. The van der Waals surface area contributed by atoms with Gasteiger partial charge in [-0.15, -0.1) is 0 Å². The molecule has 0 fully saturated rings. The largest absolute Gasteiger partial charge is 0.480 e. The highest BCUT2D eigenvalue weighted by Crippen LogP contribution is 1.98. The molecule has 0 aliphatic carbocycles. The van der Waals surface area contributed by atoms with Crippen LogP contribution in [0.1, 0.15) is 5.69 Å². The maximum absolute atomic E-state index is 12.0. The molecule has 7 N–H and O–H groups in total. The molecule has 0 bridgehead atoms. The lowest BCUT2D eigenvalue weighted by Crippen LogP contribution is -2.54. The molecule has 0 spiro atoms. The second-order valence-corrected chi connectivity index (χ2v) is 5.38. The summed E-state index contributed by atoms with van der Waals surface area (Å²) in [4.78, 5) is 52.3. The van der Waals surface area contributed by atoms with Crippen molar-refractivity contribution in [3.63, 3.8) is 0 Å². The number of nitrogens with one attached hydrogen (secondary N) is 4. The van der Waals surface area contributed by atoms with Gasteiger partial charge in [0.2, 0.25) is 17.7 Å². The summed E-state index contributed by atoms with van der Waals surface area (Å²) in [6, 6.07) is -1.88. The molecule has 1 aromatic heterocycles. The van der Waals surface area contributed by atoms with Crippen molar-refractivity contribution in [1.29, 1.82) is 0 Å². The Morgan fingerprint density at radius 1 is 1.24 bits per heavy atom. The van der Waals surface area contributed by atoms with E-state index >= 15 is 0 Å². The number of hydrogen-bond acceptors (Lipinski definition) is 7. The van der Waals surface area contributed by atoms with Crippen LogP contribution < -0.4 is 21.7 Å². The fraction of sp³-hybridized carbons (Fsp3) is 0.462. The third-order valence-corrected chi connectivity index (χ3v) is 3.37. The first-order chi connectivity index (χ1) is 11.8. The molecule has 1 aromatic rings. The smallest absolute Gasteiger partial charge is 0.322 e. The normalized spacial score (nSPS) is 12.7. The summed E-state index contributed by atoms with van der Waals surface area (Å²) in [6.45, 7) is -0.976. The molecule has 1 rings (SSSR count). The molecule has 0 saturated carbocycles. The van der Waals surface area contributed by atoms with Gasteiger partial charge in [0.05, 0.1) is 18.9 Å². The molecule has 12 heteroatoms. The Kier molecular flexibility index (Phi) is 8.43. The summed E-state index contributed by atoms with van der Waals surface area (Å²) in [6.07, 6.45) is 3.20. The number of rotatable bonds is 10. The first kappa shape index (κ1) is 20.4. The Bertz CT molecular complexity index is 608. The lowest BCUT2D eigenvalue weighted by atomic mass is 10.1. The molecule has 11 nitrogen and oxygen atoms in total. The first-order valence-corrected chi connectivity index (χ1v) is 7.87. The molecule has 2 unspecified atom stereocenters. The Morgan fingerprint density at radius 3 is 2.52 bits per heavy atom. The van der Waals surface area contributed by atoms with Crippen molar-refractivity contribution in [1.82, 2.24) is 25.9 Å². The number of H-pyrrole nitrogens is 1. The minimum Gasteiger partial charge on any atom is -0.480 e. The zero-order valence-electron chi connectivity index (χ0n) is 13.2. The van der Waals surface area contributed by atoms with Crippen molar-refractivity contribution >= 4 is 36.3 Å². The van der Waals surface area contributed by atoms with E-state index in [0.29, 0.717) is 5.69 Å². The Labute approximate surface area is 148 Å². The van der Waals surface area contributed by atoms with Crippen LogP contribution in [0.15, 0.2) is 12.5 Å². The SMILES string of the molecule is NC(Cc1cnc[nH]1)C(=O)NC(CS)C(=O)NCC(=O)NCC(=O)O. The first-order valence-electron chi connectivity index (χ1n) is 7.23. The minimum atomic E-state index is -1.20. The Hall–Kier alpha value is -2.60. The van der Waals surface area contributed by atoms with Gasteiger partial charge in [0.25, 0.3) is 0 Å². The summed E-state index contributed by atoms with van der Waals surface area (Å²) in [5.74, 6) is -3.07. The predicted octanol–water partition coefficient (Wildman–Crippen LogP) is -2.99. The molecule has 0 saturated heterocycles. The van der Waals surface area contributed by atoms with Crippen molar-refractivity contribution in [2.75, 3.05) is 18.8 Å². The summed E-state index contributed by atoms with van der Waals surface area (Å²) in [5.41, 5.74) is 6.44. The second kappa shape index (κ2) is 10.3. The van der Waals surface area contributed by atoms with Gasteiger partial charge in [-0.05, 0) is 0 Å². The van der Waals surface area contributed by atoms with Gasteiger partial charge in [0.1, 0.15) is 12.6 Å². The number of carbonyl (C=O) groups is 4. The van der Waals surface area contributed by atoms with Gasteiger partial charge >= 0.3 is 5.97 Å². The van der Waals surface area contributed by atoms with Crippen molar-refractivity contribution in [3.05, 3.63) is 18.2 Å².